The molecule has 2 amide bonds. The summed E-state index contributed by atoms with van der Waals surface area (Å²) in [6, 6.07) is 9.10. The van der Waals surface area contributed by atoms with Crippen LogP contribution in [0, 0.1) is 11.3 Å². The van der Waals surface area contributed by atoms with E-state index < -0.39 is 18.1 Å². The highest BCUT2D eigenvalue weighted by atomic mass is 19.4. The Morgan fingerprint density at radius 3 is 2.26 bits per heavy atom. The van der Waals surface area contributed by atoms with Crippen LogP contribution in [0.3, 0.4) is 0 Å². The molecule has 1 aromatic carbocycles. The zero-order valence-electron chi connectivity index (χ0n) is 18.7. The fraction of sp³-hybridized carbons (Fsp3) is 0.667. The molecule has 0 saturated heterocycles. The number of hydrazone groups is 1. The molecular weight excluding hydrogens is 403 g/mol. The Kier molecular flexibility index (Phi) is 5.17. The Labute approximate surface area is 182 Å². The molecule has 2 saturated carbocycles. The van der Waals surface area contributed by atoms with Gasteiger partial charge in [0.1, 0.15) is 0 Å². The number of hydrogen-bond donors (Lipinski definition) is 1. The van der Waals surface area contributed by atoms with Gasteiger partial charge in [-0.25, -0.2) is 9.80 Å². The number of carbonyl (C=O) groups is 1. The van der Waals surface area contributed by atoms with Gasteiger partial charge in [0.2, 0.25) is 0 Å². The lowest BCUT2D eigenvalue weighted by molar-refractivity contribution is -0.132. The molecule has 3 aliphatic rings. The van der Waals surface area contributed by atoms with Crippen LogP contribution in [0.4, 0.5) is 18.0 Å². The highest BCUT2D eigenvalue weighted by Crippen LogP contribution is 2.60. The lowest BCUT2D eigenvalue weighted by atomic mass is 9.76. The number of nitrogens with one attached hydrogen (secondary N) is 1. The third kappa shape index (κ3) is 3.64. The minimum Gasteiger partial charge on any atom is -0.330 e. The summed E-state index contributed by atoms with van der Waals surface area (Å²) in [5.41, 5.74) is 0.254. The average molecular weight is 436 g/mol. The summed E-state index contributed by atoms with van der Waals surface area (Å²) in [6.07, 6.45) is -1.05. The first kappa shape index (κ1) is 22.2. The third-order valence-corrected chi connectivity index (χ3v) is 8.33. The molecule has 170 valence electrons. The number of carbonyl (C=O) groups excluding carboxylic acids is 1. The number of amides is 2. The van der Waals surface area contributed by atoms with Crippen LogP contribution in [0.25, 0.3) is 0 Å². The van der Waals surface area contributed by atoms with E-state index in [1.807, 2.05) is 44.2 Å². The fourth-order valence-corrected chi connectivity index (χ4v) is 6.23. The van der Waals surface area contributed by atoms with Gasteiger partial charge < -0.3 is 5.32 Å². The van der Waals surface area contributed by atoms with Crippen molar-refractivity contribution in [2.24, 2.45) is 16.4 Å². The number of nitrogens with zero attached hydrogens (tertiary/aromatic N) is 2. The van der Waals surface area contributed by atoms with Gasteiger partial charge >= 0.3 is 12.2 Å². The van der Waals surface area contributed by atoms with Crippen LogP contribution in [0.2, 0.25) is 0 Å². The van der Waals surface area contributed by atoms with Crippen molar-refractivity contribution in [2.75, 3.05) is 0 Å². The molecule has 1 aliphatic heterocycles. The van der Waals surface area contributed by atoms with Crippen LogP contribution in [0.15, 0.2) is 35.4 Å². The Bertz CT molecular complexity index is 872. The van der Waals surface area contributed by atoms with Crippen LogP contribution in [-0.4, -0.2) is 34.0 Å². The van der Waals surface area contributed by atoms with Gasteiger partial charge in [0.05, 0.1) is 5.54 Å². The molecule has 1 aromatic rings. The maximum Gasteiger partial charge on any atom is 0.389 e. The van der Waals surface area contributed by atoms with Gasteiger partial charge in [0.15, 0.2) is 0 Å². The molecule has 31 heavy (non-hydrogen) atoms. The average Bonchev–Trinajstić information content (AvgIpc) is 3.19. The number of hydrogen-bond acceptors (Lipinski definition) is 2. The lowest BCUT2D eigenvalue weighted by Crippen LogP contribution is -2.59. The normalized spacial score (nSPS) is 34.2. The zero-order chi connectivity index (χ0) is 22.7. The Hall–Kier alpha value is -2.05. The second-order valence-electron chi connectivity index (χ2n) is 10.5. The third-order valence-electron chi connectivity index (χ3n) is 8.33. The van der Waals surface area contributed by atoms with Gasteiger partial charge in [-0.2, -0.15) is 18.3 Å². The van der Waals surface area contributed by atoms with Gasteiger partial charge in [0.25, 0.3) is 0 Å². The van der Waals surface area contributed by atoms with E-state index in [9.17, 15) is 18.0 Å². The fourth-order valence-electron chi connectivity index (χ4n) is 6.23. The van der Waals surface area contributed by atoms with Crippen LogP contribution >= 0.6 is 0 Å². The molecule has 0 spiro atoms. The van der Waals surface area contributed by atoms with E-state index in [4.69, 9.17) is 0 Å². The molecule has 4 nitrogen and oxygen atoms in total. The van der Waals surface area contributed by atoms with Crippen molar-refractivity contribution < 1.29 is 18.0 Å². The van der Waals surface area contributed by atoms with Gasteiger partial charge in [0, 0.05) is 23.6 Å². The molecule has 2 atom stereocenters. The lowest BCUT2D eigenvalue weighted by Gasteiger charge is -2.42. The summed E-state index contributed by atoms with van der Waals surface area (Å²) in [4.78, 5) is 13.5. The van der Waals surface area contributed by atoms with Crippen molar-refractivity contribution in [3.8, 4) is 0 Å². The van der Waals surface area contributed by atoms with E-state index in [1.165, 1.54) is 5.01 Å². The minimum absolute atomic E-state index is 0.0544. The molecular formula is C24H32F3N3O. The molecule has 2 aliphatic carbocycles. The van der Waals surface area contributed by atoms with E-state index in [2.05, 4.69) is 24.3 Å². The Morgan fingerprint density at radius 2 is 1.74 bits per heavy atom. The van der Waals surface area contributed by atoms with Gasteiger partial charge in [-0.3, -0.25) is 0 Å². The van der Waals surface area contributed by atoms with Crippen molar-refractivity contribution in [3.63, 3.8) is 0 Å². The molecule has 7 heteroatoms. The summed E-state index contributed by atoms with van der Waals surface area (Å²) in [5.74, 6) is 0.0521. The smallest absolute Gasteiger partial charge is 0.330 e. The van der Waals surface area contributed by atoms with E-state index in [0.29, 0.717) is 11.6 Å². The van der Waals surface area contributed by atoms with Crippen molar-refractivity contribution in [1.82, 2.24) is 10.3 Å². The van der Waals surface area contributed by atoms with Crippen LogP contribution in [0.1, 0.15) is 77.7 Å². The van der Waals surface area contributed by atoms with Crippen LogP contribution in [-0.2, 0) is 0 Å². The number of fused-ring (bicyclic) bond motifs is 2. The van der Waals surface area contributed by atoms with Crippen molar-refractivity contribution in [3.05, 3.63) is 35.9 Å². The quantitative estimate of drug-likeness (QED) is 0.598. The largest absolute Gasteiger partial charge is 0.389 e. The molecule has 2 bridgehead atoms. The summed E-state index contributed by atoms with van der Waals surface area (Å²) in [7, 11) is 0. The van der Waals surface area contributed by atoms with Crippen LogP contribution in [0.5, 0.6) is 0 Å². The van der Waals surface area contributed by atoms with Crippen LogP contribution < -0.4 is 5.32 Å². The van der Waals surface area contributed by atoms with Gasteiger partial charge in [-0.05, 0) is 69.8 Å². The topological polar surface area (TPSA) is 44.7 Å². The van der Waals surface area contributed by atoms with E-state index in [0.717, 1.165) is 31.2 Å². The molecule has 0 radical (unpaired) electrons. The standard InChI is InChI=1S/C24H32F3N3O/c1-21(2)19(16-8-6-5-7-9-16)18(12-15-24(25,26)27)29-30(21)20(31)28-23(4)17-10-13-22(23,3)14-11-17/h5-9,17,19H,10-15H2,1-4H3,(H,28,31)/t17-,19?,22+,23-/m0/s1. The zero-order valence-corrected chi connectivity index (χ0v) is 18.7. The van der Waals surface area contributed by atoms with E-state index in [1.54, 1.807) is 0 Å². The molecule has 4 rings (SSSR count). The highest BCUT2D eigenvalue weighted by molar-refractivity contribution is 5.96. The molecule has 1 N–H and O–H groups in total. The maximum atomic E-state index is 13.5. The van der Waals surface area contributed by atoms with E-state index >= 15 is 0 Å². The molecule has 1 heterocycles. The maximum absolute atomic E-state index is 13.5. The predicted molar refractivity (Wildman–Crippen MR) is 115 cm³/mol. The minimum atomic E-state index is -4.27. The van der Waals surface area contributed by atoms with E-state index in [-0.39, 0.29) is 29.3 Å². The van der Waals surface area contributed by atoms with Gasteiger partial charge in [-0.1, -0.05) is 37.3 Å². The summed E-state index contributed by atoms with van der Waals surface area (Å²) in [6.45, 7) is 8.14. The van der Waals surface area contributed by atoms with Gasteiger partial charge in [-0.15, -0.1) is 0 Å². The molecule has 2 fully saturated rings. The Balaban J connectivity index is 1.63. The highest BCUT2D eigenvalue weighted by Gasteiger charge is 2.60. The first-order chi connectivity index (χ1) is 14.4. The number of urea groups is 1. The second-order valence-corrected chi connectivity index (χ2v) is 10.5. The summed E-state index contributed by atoms with van der Waals surface area (Å²) >= 11 is 0. The molecule has 0 aromatic heterocycles. The number of alkyl halides is 3. The summed E-state index contributed by atoms with van der Waals surface area (Å²) in [5, 5.41) is 9.19. The number of benzene rings is 1. The first-order valence-corrected chi connectivity index (χ1v) is 11.2. The SMILES string of the molecule is CC1(C)C(c2ccccc2)C(CCC(F)(F)F)=NN1C(=O)N[C@@]1(C)[C@H]2CC[C@]1(C)CC2. The number of rotatable bonds is 4. The second kappa shape index (κ2) is 7.24. The molecule has 1 unspecified atom stereocenters. The first-order valence-electron chi connectivity index (χ1n) is 11.2. The van der Waals surface area contributed by atoms with Crippen molar-refractivity contribution in [1.29, 1.82) is 0 Å². The predicted octanol–water partition coefficient (Wildman–Crippen LogP) is 6.24. The number of halogens is 3. The van der Waals surface area contributed by atoms with Crippen molar-refractivity contribution in [2.45, 2.75) is 89.4 Å². The summed E-state index contributed by atoms with van der Waals surface area (Å²) < 4.78 is 39.0. The Morgan fingerprint density at radius 1 is 1.13 bits per heavy atom. The monoisotopic (exact) mass is 435 g/mol. The van der Waals surface area contributed by atoms with Crippen molar-refractivity contribution >= 4 is 11.7 Å².